The summed E-state index contributed by atoms with van der Waals surface area (Å²) < 4.78 is 25.9. The number of esters is 2. The van der Waals surface area contributed by atoms with Gasteiger partial charge < -0.3 is 19.7 Å². The minimum absolute atomic E-state index is 0.198. The molecule has 2 N–H and O–H groups in total. The molecule has 0 saturated heterocycles. The summed E-state index contributed by atoms with van der Waals surface area (Å²) in [6, 6.07) is 0. The van der Waals surface area contributed by atoms with Crippen molar-refractivity contribution in [2.75, 3.05) is 24.7 Å². The smallest absolute Gasteiger partial charge is 0.311 e. The molecule has 0 spiro atoms. The van der Waals surface area contributed by atoms with Crippen molar-refractivity contribution in [2.45, 2.75) is 53.1 Å². The SMILES string of the molecule is CCC(C)(C)C(=O)OCC(O)COC(=O)CCCSCC(C)C(=O)O.FF. The summed E-state index contributed by atoms with van der Waals surface area (Å²) in [5.41, 5.74) is -0.605. The molecule has 0 fully saturated rings. The van der Waals surface area contributed by atoms with Gasteiger partial charge in [-0.2, -0.15) is 11.8 Å². The van der Waals surface area contributed by atoms with Crippen molar-refractivity contribution in [1.29, 1.82) is 0 Å². The van der Waals surface area contributed by atoms with Crippen molar-refractivity contribution in [3.05, 3.63) is 0 Å². The number of hydrogen-bond donors (Lipinski definition) is 2. The van der Waals surface area contributed by atoms with Crippen LogP contribution >= 0.6 is 11.8 Å². The second kappa shape index (κ2) is 15.6. The zero-order valence-electron chi connectivity index (χ0n) is 16.2. The summed E-state index contributed by atoms with van der Waals surface area (Å²) in [6.45, 7) is 6.60. The van der Waals surface area contributed by atoms with E-state index in [0.717, 1.165) is 0 Å². The van der Waals surface area contributed by atoms with Gasteiger partial charge in [0.25, 0.3) is 0 Å². The van der Waals surface area contributed by atoms with E-state index in [0.29, 0.717) is 24.3 Å². The summed E-state index contributed by atoms with van der Waals surface area (Å²) in [5.74, 6) is -0.905. The molecule has 0 aromatic heterocycles. The maximum atomic E-state index is 11.8. The Morgan fingerprint density at radius 1 is 1.15 bits per heavy atom. The zero-order chi connectivity index (χ0) is 21.5. The third-order valence-corrected chi connectivity index (χ3v) is 5.05. The number of hydrogen-bond acceptors (Lipinski definition) is 7. The number of ether oxygens (including phenoxy) is 2. The lowest BCUT2D eigenvalue weighted by atomic mass is 9.91. The lowest BCUT2D eigenvalue weighted by molar-refractivity contribution is -0.159. The Hall–Kier alpha value is -1.42. The first kappa shape index (κ1) is 27.8. The second-order valence-electron chi connectivity index (χ2n) is 6.59. The summed E-state index contributed by atoms with van der Waals surface area (Å²) in [5, 5.41) is 18.4. The number of aliphatic hydroxyl groups is 1. The van der Waals surface area contributed by atoms with Crippen molar-refractivity contribution >= 4 is 29.7 Å². The third-order valence-electron chi connectivity index (χ3n) is 3.74. The van der Waals surface area contributed by atoms with E-state index in [-0.39, 0.29) is 19.6 Å². The molecule has 0 saturated carbocycles. The molecule has 0 aromatic carbocycles. The van der Waals surface area contributed by atoms with Crippen LogP contribution in [0.5, 0.6) is 0 Å². The fourth-order valence-electron chi connectivity index (χ4n) is 1.47. The van der Waals surface area contributed by atoms with E-state index >= 15 is 0 Å². The Morgan fingerprint density at radius 2 is 1.70 bits per heavy atom. The number of thioether (sulfide) groups is 1. The molecule has 10 heteroatoms. The van der Waals surface area contributed by atoms with E-state index in [1.807, 2.05) is 6.92 Å². The molecule has 0 aliphatic heterocycles. The summed E-state index contributed by atoms with van der Waals surface area (Å²) >= 11 is 1.48. The number of aliphatic hydroxyl groups excluding tert-OH is 1. The molecule has 160 valence electrons. The van der Waals surface area contributed by atoms with Gasteiger partial charge in [0.15, 0.2) is 0 Å². The van der Waals surface area contributed by atoms with Gasteiger partial charge in [-0.25, -0.2) is 0 Å². The molecule has 0 rings (SSSR count). The first-order chi connectivity index (χ1) is 12.6. The Morgan fingerprint density at radius 3 is 2.22 bits per heavy atom. The average molecular weight is 416 g/mol. The molecule has 0 aliphatic carbocycles. The molecule has 0 amide bonds. The molecule has 0 heterocycles. The summed E-state index contributed by atoms with van der Waals surface area (Å²) in [6.07, 6.45) is 0.349. The highest BCUT2D eigenvalue weighted by Gasteiger charge is 2.27. The fourth-order valence-corrected chi connectivity index (χ4v) is 2.48. The van der Waals surface area contributed by atoms with Crippen LogP contribution in [0.2, 0.25) is 0 Å². The number of carbonyl (C=O) groups excluding carboxylic acids is 2. The van der Waals surface area contributed by atoms with Crippen LogP contribution in [-0.4, -0.2) is 58.9 Å². The normalized spacial score (nSPS) is 13.0. The van der Waals surface area contributed by atoms with Gasteiger partial charge in [0.2, 0.25) is 0 Å². The van der Waals surface area contributed by atoms with Crippen molar-refractivity contribution in [1.82, 2.24) is 0 Å². The molecule has 0 radical (unpaired) electrons. The first-order valence-electron chi connectivity index (χ1n) is 8.55. The first-order valence-corrected chi connectivity index (χ1v) is 9.71. The van der Waals surface area contributed by atoms with Gasteiger partial charge in [0.1, 0.15) is 19.3 Å². The quantitative estimate of drug-likeness (QED) is 0.348. The van der Waals surface area contributed by atoms with Crippen LogP contribution in [0.4, 0.5) is 9.15 Å². The topological polar surface area (TPSA) is 110 Å². The van der Waals surface area contributed by atoms with Crippen molar-refractivity contribution in [3.8, 4) is 0 Å². The highest BCUT2D eigenvalue weighted by Crippen LogP contribution is 2.21. The van der Waals surface area contributed by atoms with Gasteiger partial charge in [-0.3, -0.25) is 14.4 Å². The van der Waals surface area contributed by atoms with E-state index < -0.39 is 35.3 Å². The number of carbonyl (C=O) groups is 3. The molecule has 0 aromatic rings. The van der Waals surface area contributed by atoms with Crippen molar-refractivity contribution in [2.24, 2.45) is 11.3 Å². The Bertz CT molecular complexity index is 447. The zero-order valence-corrected chi connectivity index (χ0v) is 17.0. The molecule has 7 nitrogen and oxygen atoms in total. The minimum atomic E-state index is -1.05. The van der Waals surface area contributed by atoms with Gasteiger partial charge in [0, 0.05) is 21.3 Å². The Kier molecular flexibility index (Phi) is 16.1. The van der Waals surface area contributed by atoms with Gasteiger partial charge >= 0.3 is 17.9 Å². The van der Waals surface area contributed by atoms with Crippen LogP contribution in [0.25, 0.3) is 0 Å². The van der Waals surface area contributed by atoms with Crippen LogP contribution in [0.15, 0.2) is 0 Å². The van der Waals surface area contributed by atoms with Crippen LogP contribution in [0.1, 0.15) is 47.0 Å². The number of carboxylic acid groups (broad SMARTS) is 1. The van der Waals surface area contributed by atoms with E-state index in [1.165, 1.54) is 11.8 Å². The highest BCUT2D eigenvalue weighted by atomic mass is 32.2. The summed E-state index contributed by atoms with van der Waals surface area (Å²) in [7, 11) is 0. The maximum Gasteiger partial charge on any atom is 0.311 e. The van der Waals surface area contributed by atoms with Gasteiger partial charge in [-0.1, -0.05) is 13.8 Å². The van der Waals surface area contributed by atoms with E-state index in [9.17, 15) is 19.5 Å². The Balaban J connectivity index is 0. The van der Waals surface area contributed by atoms with Gasteiger partial charge in [-0.05, 0) is 32.4 Å². The van der Waals surface area contributed by atoms with Crippen LogP contribution in [-0.2, 0) is 23.9 Å². The van der Waals surface area contributed by atoms with Crippen LogP contribution in [0.3, 0.4) is 0 Å². The van der Waals surface area contributed by atoms with E-state index in [2.05, 4.69) is 0 Å². The van der Waals surface area contributed by atoms with Gasteiger partial charge in [0.05, 0.1) is 11.3 Å². The molecule has 0 bridgehead atoms. The maximum absolute atomic E-state index is 11.8. The monoisotopic (exact) mass is 416 g/mol. The van der Waals surface area contributed by atoms with Crippen molar-refractivity contribution < 1.29 is 43.2 Å². The average Bonchev–Trinajstić information content (AvgIpc) is 2.65. The lowest BCUT2D eigenvalue weighted by Gasteiger charge is -2.21. The highest BCUT2D eigenvalue weighted by molar-refractivity contribution is 7.99. The fraction of sp³-hybridized carbons (Fsp3) is 0.824. The number of halogens is 2. The summed E-state index contributed by atoms with van der Waals surface area (Å²) in [4.78, 5) is 33.9. The molecular formula is C17H30F2O7S. The predicted molar refractivity (Wildman–Crippen MR) is 97.6 cm³/mol. The van der Waals surface area contributed by atoms with E-state index in [1.54, 1.807) is 20.8 Å². The molecule has 0 aliphatic rings. The number of rotatable bonds is 13. The number of aliphatic carboxylic acids is 1. The Labute approximate surface area is 162 Å². The molecule has 2 atom stereocenters. The standard InChI is InChI=1S/C17H30O7S.F2/c1-5-17(3,4)16(22)24-10-13(18)9-23-14(19)7-6-8-25-11-12(2)15(20)21;1-2/h12-13,18H,5-11H2,1-4H3,(H,20,21);. The van der Waals surface area contributed by atoms with Crippen molar-refractivity contribution in [3.63, 3.8) is 0 Å². The van der Waals surface area contributed by atoms with Gasteiger partial charge in [-0.15, -0.1) is 0 Å². The second-order valence-corrected chi connectivity index (χ2v) is 7.74. The number of carboxylic acids is 1. The molecule has 2 unspecified atom stereocenters. The van der Waals surface area contributed by atoms with Crippen LogP contribution < -0.4 is 0 Å². The predicted octanol–water partition coefficient (Wildman–Crippen LogP) is 2.94. The van der Waals surface area contributed by atoms with Crippen LogP contribution in [0, 0.1) is 11.3 Å². The lowest BCUT2D eigenvalue weighted by Crippen LogP contribution is -2.31. The third kappa shape index (κ3) is 14.3. The molecular weight excluding hydrogens is 386 g/mol. The van der Waals surface area contributed by atoms with E-state index in [4.69, 9.17) is 23.7 Å². The largest absolute Gasteiger partial charge is 0.481 e. The molecule has 27 heavy (non-hydrogen) atoms. The minimum Gasteiger partial charge on any atom is -0.481 e.